The second-order valence-electron chi connectivity index (χ2n) is 4.89. The first-order valence-corrected chi connectivity index (χ1v) is 9.42. The second kappa shape index (κ2) is 8.28. The van der Waals surface area contributed by atoms with Gasteiger partial charge < -0.3 is 5.32 Å². The summed E-state index contributed by atoms with van der Waals surface area (Å²) in [7, 11) is 0. The van der Waals surface area contributed by atoms with Crippen molar-refractivity contribution in [3.05, 3.63) is 75.2 Å². The van der Waals surface area contributed by atoms with Gasteiger partial charge in [0.1, 0.15) is 5.01 Å². The second-order valence-corrected chi connectivity index (χ2v) is 7.37. The fourth-order valence-corrected chi connectivity index (χ4v) is 3.94. The molecule has 1 amide bonds. The normalized spacial score (nSPS) is 10.5. The average Bonchev–Trinajstić information content (AvgIpc) is 3.09. The van der Waals surface area contributed by atoms with Gasteiger partial charge in [-0.15, -0.1) is 22.0 Å². The number of carbonyl (C=O) groups is 1. The Bertz CT molecular complexity index is 823. The van der Waals surface area contributed by atoms with Crippen LogP contribution in [0.1, 0.15) is 20.4 Å². The Morgan fingerprint density at radius 2 is 1.83 bits per heavy atom. The standard InChI is InChI=1S/C17H14ClN3OS2/c18-13-8-4-5-9-14(13)23-11-15-20-21-17(24-15)16(22)19-10-12-6-2-1-3-7-12/h1-9H,10-11H2,(H,19,22). The highest BCUT2D eigenvalue weighted by Gasteiger charge is 2.13. The summed E-state index contributed by atoms with van der Waals surface area (Å²) in [6.07, 6.45) is 0. The molecule has 0 unspecified atom stereocenters. The van der Waals surface area contributed by atoms with E-state index in [0.717, 1.165) is 15.5 Å². The third-order valence-electron chi connectivity index (χ3n) is 3.14. The lowest BCUT2D eigenvalue weighted by Crippen LogP contribution is -2.22. The number of aromatic nitrogens is 2. The van der Waals surface area contributed by atoms with Crippen molar-refractivity contribution in [2.45, 2.75) is 17.2 Å². The van der Waals surface area contributed by atoms with Crippen LogP contribution in [0, 0.1) is 0 Å². The van der Waals surface area contributed by atoms with Crippen LogP contribution in [0.4, 0.5) is 0 Å². The lowest BCUT2D eigenvalue weighted by Gasteiger charge is -2.02. The van der Waals surface area contributed by atoms with Gasteiger partial charge in [-0.05, 0) is 17.7 Å². The van der Waals surface area contributed by atoms with Gasteiger partial charge in [0, 0.05) is 11.4 Å². The van der Waals surface area contributed by atoms with Crippen LogP contribution in [0.25, 0.3) is 0 Å². The van der Waals surface area contributed by atoms with Gasteiger partial charge in [0.25, 0.3) is 5.91 Å². The van der Waals surface area contributed by atoms with Crippen LogP contribution in [0.5, 0.6) is 0 Å². The van der Waals surface area contributed by atoms with Crippen molar-refractivity contribution in [3.63, 3.8) is 0 Å². The van der Waals surface area contributed by atoms with E-state index < -0.39 is 0 Å². The van der Waals surface area contributed by atoms with Crippen molar-refractivity contribution in [2.75, 3.05) is 0 Å². The molecule has 0 bridgehead atoms. The fourth-order valence-electron chi connectivity index (χ4n) is 1.96. The number of hydrogen-bond donors (Lipinski definition) is 1. The van der Waals surface area contributed by atoms with E-state index in [0.29, 0.717) is 22.3 Å². The first-order valence-electron chi connectivity index (χ1n) is 7.24. The lowest BCUT2D eigenvalue weighted by atomic mass is 10.2. The van der Waals surface area contributed by atoms with E-state index in [-0.39, 0.29) is 5.91 Å². The zero-order chi connectivity index (χ0) is 16.8. The third-order valence-corrected chi connectivity index (χ3v) is 5.78. The SMILES string of the molecule is O=C(NCc1ccccc1)c1nnc(CSc2ccccc2Cl)s1. The van der Waals surface area contributed by atoms with Crippen LogP contribution in [0.2, 0.25) is 5.02 Å². The molecule has 0 atom stereocenters. The number of hydrogen-bond acceptors (Lipinski definition) is 5. The summed E-state index contributed by atoms with van der Waals surface area (Å²) in [6.45, 7) is 0.475. The minimum atomic E-state index is -0.203. The molecule has 3 aromatic rings. The maximum Gasteiger partial charge on any atom is 0.282 e. The number of carbonyl (C=O) groups excluding carboxylic acids is 1. The van der Waals surface area contributed by atoms with Gasteiger partial charge in [0.05, 0.1) is 10.8 Å². The van der Waals surface area contributed by atoms with Gasteiger partial charge in [-0.1, -0.05) is 65.4 Å². The van der Waals surface area contributed by atoms with Gasteiger partial charge in [-0.2, -0.15) is 0 Å². The quantitative estimate of drug-likeness (QED) is 0.648. The van der Waals surface area contributed by atoms with E-state index in [1.807, 2.05) is 54.6 Å². The molecule has 0 radical (unpaired) electrons. The zero-order valence-corrected chi connectivity index (χ0v) is 15.0. The maximum absolute atomic E-state index is 12.1. The Morgan fingerprint density at radius 1 is 1.08 bits per heavy atom. The Morgan fingerprint density at radius 3 is 2.62 bits per heavy atom. The topological polar surface area (TPSA) is 54.9 Å². The molecule has 2 aromatic carbocycles. The molecule has 0 spiro atoms. The number of benzene rings is 2. The van der Waals surface area contributed by atoms with Crippen LogP contribution in [0.15, 0.2) is 59.5 Å². The van der Waals surface area contributed by atoms with Crippen LogP contribution >= 0.6 is 34.7 Å². The summed E-state index contributed by atoms with van der Waals surface area (Å²) >= 11 is 9.01. The van der Waals surface area contributed by atoms with Gasteiger partial charge in [-0.3, -0.25) is 4.79 Å². The predicted octanol–water partition coefficient (Wildman–Crippen LogP) is 4.41. The minimum absolute atomic E-state index is 0.203. The maximum atomic E-state index is 12.1. The predicted molar refractivity (Wildman–Crippen MR) is 98.5 cm³/mol. The summed E-state index contributed by atoms with van der Waals surface area (Å²) in [5.41, 5.74) is 1.05. The number of thioether (sulfide) groups is 1. The van der Waals surface area contributed by atoms with Crippen molar-refractivity contribution >= 4 is 40.6 Å². The summed E-state index contributed by atoms with van der Waals surface area (Å²) in [6, 6.07) is 17.4. The molecular formula is C17H14ClN3OS2. The highest BCUT2D eigenvalue weighted by molar-refractivity contribution is 7.98. The van der Waals surface area contributed by atoms with Crippen LogP contribution in [-0.2, 0) is 12.3 Å². The van der Waals surface area contributed by atoms with Crippen molar-refractivity contribution in [1.82, 2.24) is 15.5 Å². The minimum Gasteiger partial charge on any atom is -0.346 e. The molecule has 1 N–H and O–H groups in total. The first kappa shape index (κ1) is 17.0. The molecule has 1 heterocycles. The molecule has 0 aliphatic heterocycles. The van der Waals surface area contributed by atoms with Gasteiger partial charge in [-0.25, -0.2) is 0 Å². The first-order chi connectivity index (χ1) is 11.7. The lowest BCUT2D eigenvalue weighted by molar-refractivity contribution is 0.0950. The summed E-state index contributed by atoms with van der Waals surface area (Å²) in [5.74, 6) is 0.429. The molecule has 0 aliphatic carbocycles. The van der Waals surface area contributed by atoms with Crippen molar-refractivity contribution in [3.8, 4) is 0 Å². The van der Waals surface area contributed by atoms with Crippen LogP contribution in [-0.4, -0.2) is 16.1 Å². The van der Waals surface area contributed by atoms with E-state index in [1.54, 1.807) is 11.8 Å². The Labute approximate surface area is 153 Å². The Kier molecular flexibility index (Phi) is 5.85. The van der Waals surface area contributed by atoms with Crippen LogP contribution in [0.3, 0.4) is 0 Å². The van der Waals surface area contributed by atoms with Gasteiger partial charge in [0.2, 0.25) is 5.01 Å². The molecule has 0 fully saturated rings. The van der Waals surface area contributed by atoms with Gasteiger partial charge >= 0.3 is 0 Å². The van der Waals surface area contributed by atoms with E-state index in [4.69, 9.17) is 11.6 Å². The van der Waals surface area contributed by atoms with E-state index in [2.05, 4.69) is 15.5 Å². The van der Waals surface area contributed by atoms with E-state index >= 15 is 0 Å². The largest absolute Gasteiger partial charge is 0.346 e. The number of halogens is 1. The summed E-state index contributed by atoms with van der Waals surface area (Å²) in [5, 5.41) is 12.8. The van der Waals surface area contributed by atoms with E-state index in [1.165, 1.54) is 11.3 Å². The third kappa shape index (κ3) is 4.56. The molecule has 4 nitrogen and oxygen atoms in total. The molecule has 0 aliphatic rings. The Balaban J connectivity index is 1.55. The fraction of sp³-hybridized carbons (Fsp3) is 0.118. The molecule has 0 saturated heterocycles. The number of amides is 1. The highest BCUT2D eigenvalue weighted by Crippen LogP contribution is 2.30. The Hall–Kier alpha value is -1.89. The number of nitrogens with one attached hydrogen (secondary N) is 1. The number of rotatable bonds is 6. The monoisotopic (exact) mass is 375 g/mol. The van der Waals surface area contributed by atoms with Crippen LogP contribution < -0.4 is 5.32 Å². The van der Waals surface area contributed by atoms with E-state index in [9.17, 15) is 4.79 Å². The highest BCUT2D eigenvalue weighted by atomic mass is 35.5. The molecule has 1 aromatic heterocycles. The molecule has 122 valence electrons. The number of nitrogens with zero attached hydrogens (tertiary/aromatic N) is 2. The zero-order valence-electron chi connectivity index (χ0n) is 12.6. The van der Waals surface area contributed by atoms with Crippen molar-refractivity contribution < 1.29 is 4.79 Å². The van der Waals surface area contributed by atoms with Crippen molar-refractivity contribution in [1.29, 1.82) is 0 Å². The van der Waals surface area contributed by atoms with Crippen molar-refractivity contribution in [2.24, 2.45) is 0 Å². The molecule has 7 heteroatoms. The summed E-state index contributed by atoms with van der Waals surface area (Å²) in [4.78, 5) is 13.1. The smallest absolute Gasteiger partial charge is 0.282 e. The molecule has 24 heavy (non-hydrogen) atoms. The van der Waals surface area contributed by atoms with Gasteiger partial charge in [0.15, 0.2) is 0 Å². The molecule has 3 rings (SSSR count). The summed E-state index contributed by atoms with van der Waals surface area (Å²) < 4.78 is 0. The molecule has 0 saturated carbocycles. The molecular weight excluding hydrogens is 362 g/mol. The average molecular weight is 376 g/mol.